The van der Waals surface area contributed by atoms with Crippen LogP contribution in [0.2, 0.25) is 0 Å². The van der Waals surface area contributed by atoms with Crippen LogP contribution in [0.1, 0.15) is 0 Å². The predicted molar refractivity (Wildman–Crippen MR) is 70.5 cm³/mol. The van der Waals surface area contributed by atoms with E-state index in [0.29, 0.717) is 11.6 Å². The average Bonchev–Trinajstić information content (AvgIpc) is 2.41. The average molecular weight is 237 g/mol. The standard InChI is InChI=1S/C14H11N3O/c15-11-3-6-14(17-9-11)18-12-4-5-13-10(8-12)2-1-7-16-13/h1-9H,15H2. The molecule has 2 N–H and O–H groups in total. The molecule has 0 saturated carbocycles. The highest BCUT2D eigenvalue weighted by molar-refractivity contribution is 5.79. The SMILES string of the molecule is Nc1ccc(Oc2ccc3ncccc3c2)nc1. The first-order chi connectivity index (χ1) is 8.81. The fraction of sp³-hybridized carbons (Fsp3) is 0. The van der Waals surface area contributed by atoms with Crippen LogP contribution < -0.4 is 10.5 Å². The number of hydrogen-bond acceptors (Lipinski definition) is 4. The van der Waals surface area contributed by atoms with Gasteiger partial charge in [0.2, 0.25) is 5.88 Å². The first kappa shape index (κ1) is 10.5. The van der Waals surface area contributed by atoms with E-state index in [2.05, 4.69) is 9.97 Å². The van der Waals surface area contributed by atoms with Gasteiger partial charge in [-0.2, -0.15) is 0 Å². The first-order valence-electron chi connectivity index (χ1n) is 5.55. The quantitative estimate of drug-likeness (QED) is 0.744. The van der Waals surface area contributed by atoms with Crippen molar-refractivity contribution in [3.63, 3.8) is 0 Å². The molecule has 0 saturated heterocycles. The van der Waals surface area contributed by atoms with Crippen molar-refractivity contribution >= 4 is 16.6 Å². The summed E-state index contributed by atoms with van der Waals surface area (Å²) < 4.78 is 5.65. The molecule has 2 aromatic heterocycles. The normalized spacial score (nSPS) is 10.4. The molecular weight excluding hydrogens is 226 g/mol. The Morgan fingerprint density at radius 3 is 2.78 bits per heavy atom. The molecule has 3 aromatic rings. The second-order valence-electron chi connectivity index (χ2n) is 3.89. The van der Waals surface area contributed by atoms with Crippen molar-refractivity contribution in [2.75, 3.05) is 5.73 Å². The van der Waals surface area contributed by atoms with Crippen LogP contribution in [0, 0.1) is 0 Å². The van der Waals surface area contributed by atoms with Crippen molar-refractivity contribution in [1.29, 1.82) is 0 Å². The number of ether oxygens (including phenoxy) is 1. The summed E-state index contributed by atoms with van der Waals surface area (Å²) in [5.74, 6) is 1.25. The fourth-order valence-corrected chi connectivity index (χ4v) is 1.69. The van der Waals surface area contributed by atoms with Crippen molar-refractivity contribution in [3.05, 3.63) is 54.9 Å². The Bertz CT molecular complexity index is 680. The van der Waals surface area contributed by atoms with Gasteiger partial charge in [-0.1, -0.05) is 6.07 Å². The second-order valence-corrected chi connectivity index (χ2v) is 3.89. The summed E-state index contributed by atoms with van der Waals surface area (Å²) in [7, 11) is 0. The largest absolute Gasteiger partial charge is 0.439 e. The van der Waals surface area contributed by atoms with E-state index in [4.69, 9.17) is 10.5 Å². The van der Waals surface area contributed by atoms with Crippen molar-refractivity contribution in [2.45, 2.75) is 0 Å². The molecule has 0 atom stereocenters. The van der Waals surface area contributed by atoms with Crippen LogP contribution in [0.15, 0.2) is 54.9 Å². The van der Waals surface area contributed by atoms with E-state index in [1.54, 1.807) is 24.5 Å². The second kappa shape index (κ2) is 4.33. The van der Waals surface area contributed by atoms with E-state index in [0.717, 1.165) is 16.7 Å². The van der Waals surface area contributed by atoms with Crippen LogP contribution in [0.4, 0.5) is 5.69 Å². The Labute approximate surface area is 104 Å². The monoisotopic (exact) mass is 237 g/mol. The zero-order valence-corrected chi connectivity index (χ0v) is 9.58. The van der Waals surface area contributed by atoms with E-state index in [-0.39, 0.29) is 0 Å². The van der Waals surface area contributed by atoms with Gasteiger partial charge in [0.1, 0.15) is 5.75 Å². The molecule has 0 unspecified atom stereocenters. The molecule has 0 bridgehead atoms. The Kier molecular flexibility index (Phi) is 2.53. The number of hydrogen-bond donors (Lipinski definition) is 1. The third kappa shape index (κ3) is 2.08. The van der Waals surface area contributed by atoms with Gasteiger partial charge in [0.05, 0.1) is 17.4 Å². The maximum absolute atomic E-state index is 5.65. The smallest absolute Gasteiger partial charge is 0.219 e. The van der Waals surface area contributed by atoms with Gasteiger partial charge in [0, 0.05) is 17.6 Å². The Morgan fingerprint density at radius 1 is 1.00 bits per heavy atom. The highest BCUT2D eigenvalue weighted by Gasteiger charge is 2.00. The third-order valence-corrected chi connectivity index (χ3v) is 2.56. The molecule has 2 heterocycles. The summed E-state index contributed by atoms with van der Waals surface area (Å²) in [5.41, 5.74) is 7.12. The highest BCUT2D eigenvalue weighted by Crippen LogP contribution is 2.23. The van der Waals surface area contributed by atoms with Gasteiger partial charge in [0.25, 0.3) is 0 Å². The number of nitrogen functional groups attached to an aromatic ring is 1. The number of aromatic nitrogens is 2. The number of pyridine rings is 2. The third-order valence-electron chi connectivity index (χ3n) is 2.56. The molecule has 4 nitrogen and oxygen atoms in total. The van der Waals surface area contributed by atoms with E-state index >= 15 is 0 Å². The van der Waals surface area contributed by atoms with Crippen molar-refractivity contribution in [3.8, 4) is 11.6 Å². The number of nitrogens with two attached hydrogens (primary N) is 1. The molecule has 0 amide bonds. The zero-order chi connectivity index (χ0) is 12.4. The Morgan fingerprint density at radius 2 is 1.94 bits per heavy atom. The van der Waals surface area contributed by atoms with Crippen molar-refractivity contribution < 1.29 is 4.74 Å². The molecule has 0 spiro atoms. The molecule has 18 heavy (non-hydrogen) atoms. The van der Waals surface area contributed by atoms with Gasteiger partial charge in [0.15, 0.2) is 0 Å². The van der Waals surface area contributed by atoms with Crippen LogP contribution in [-0.2, 0) is 0 Å². The van der Waals surface area contributed by atoms with Crippen LogP contribution in [-0.4, -0.2) is 9.97 Å². The van der Waals surface area contributed by atoms with Gasteiger partial charge in [-0.15, -0.1) is 0 Å². The van der Waals surface area contributed by atoms with Crippen LogP contribution >= 0.6 is 0 Å². The lowest BCUT2D eigenvalue weighted by molar-refractivity contribution is 0.464. The number of nitrogens with zero attached hydrogens (tertiary/aromatic N) is 2. The van der Waals surface area contributed by atoms with E-state index < -0.39 is 0 Å². The van der Waals surface area contributed by atoms with E-state index in [1.807, 2.05) is 30.3 Å². The minimum Gasteiger partial charge on any atom is -0.439 e. The highest BCUT2D eigenvalue weighted by atomic mass is 16.5. The first-order valence-corrected chi connectivity index (χ1v) is 5.55. The molecule has 4 heteroatoms. The number of fused-ring (bicyclic) bond motifs is 1. The lowest BCUT2D eigenvalue weighted by Crippen LogP contribution is -1.90. The number of anilines is 1. The molecular formula is C14H11N3O. The summed E-state index contributed by atoms with van der Waals surface area (Å²) in [6.45, 7) is 0. The molecule has 0 fully saturated rings. The maximum atomic E-state index is 5.65. The molecule has 0 aliphatic carbocycles. The lowest BCUT2D eigenvalue weighted by Gasteiger charge is -2.05. The summed E-state index contributed by atoms with van der Waals surface area (Å²) in [5, 5.41) is 1.03. The zero-order valence-electron chi connectivity index (χ0n) is 9.58. The molecule has 1 aromatic carbocycles. The summed E-state index contributed by atoms with van der Waals surface area (Å²) in [4.78, 5) is 8.34. The van der Waals surface area contributed by atoms with Gasteiger partial charge >= 0.3 is 0 Å². The predicted octanol–water partition coefficient (Wildman–Crippen LogP) is 3.00. The van der Waals surface area contributed by atoms with E-state index in [9.17, 15) is 0 Å². The molecule has 88 valence electrons. The van der Waals surface area contributed by atoms with Gasteiger partial charge in [-0.25, -0.2) is 4.98 Å². The molecule has 0 aliphatic heterocycles. The van der Waals surface area contributed by atoms with E-state index in [1.165, 1.54) is 0 Å². The Hall–Kier alpha value is -2.62. The van der Waals surface area contributed by atoms with Crippen LogP contribution in [0.25, 0.3) is 10.9 Å². The topological polar surface area (TPSA) is 61.0 Å². The van der Waals surface area contributed by atoms with Crippen LogP contribution in [0.3, 0.4) is 0 Å². The molecule has 0 radical (unpaired) electrons. The molecule has 3 rings (SSSR count). The van der Waals surface area contributed by atoms with Crippen LogP contribution in [0.5, 0.6) is 11.6 Å². The van der Waals surface area contributed by atoms with Gasteiger partial charge in [-0.05, 0) is 30.3 Å². The van der Waals surface area contributed by atoms with Gasteiger partial charge < -0.3 is 10.5 Å². The lowest BCUT2D eigenvalue weighted by atomic mass is 10.2. The minimum absolute atomic E-state index is 0.521. The van der Waals surface area contributed by atoms with Crippen molar-refractivity contribution in [2.24, 2.45) is 0 Å². The Balaban J connectivity index is 1.92. The van der Waals surface area contributed by atoms with Crippen molar-refractivity contribution in [1.82, 2.24) is 9.97 Å². The summed E-state index contributed by atoms with van der Waals surface area (Å²) >= 11 is 0. The maximum Gasteiger partial charge on any atom is 0.219 e. The van der Waals surface area contributed by atoms with Gasteiger partial charge in [-0.3, -0.25) is 4.98 Å². The summed E-state index contributed by atoms with van der Waals surface area (Å²) in [6.07, 6.45) is 3.34. The molecule has 0 aliphatic rings. The fourth-order valence-electron chi connectivity index (χ4n) is 1.69. The number of benzene rings is 1. The minimum atomic E-state index is 0.521. The number of rotatable bonds is 2. The summed E-state index contributed by atoms with van der Waals surface area (Å²) in [6, 6.07) is 13.1.